The summed E-state index contributed by atoms with van der Waals surface area (Å²) in [6, 6.07) is 19.3. The van der Waals surface area contributed by atoms with Crippen LogP contribution in [0.15, 0.2) is 54.6 Å². The van der Waals surface area contributed by atoms with Crippen LogP contribution in [0.2, 0.25) is 0 Å². The Morgan fingerprint density at radius 2 is 1.83 bits per heavy atom. The number of benzene rings is 2. The number of aryl methyl sites for hydroxylation is 2. The van der Waals surface area contributed by atoms with Gasteiger partial charge in [0.2, 0.25) is 0 Å². The average Bonchev–Trinajstić information content (AvgIpc) is 3.14. The fourth-order valence-electron chi connectivity index (χ4n) is 4.33. The van der Waals surface area contributed by atoms with Crippen molar-refractivity contribution < 1.29 is 4.79 Å². The number of fused-ring (bicyclic) bond motifs is 2. The van der Waals surface area contributed by atoms with E-state index in [1.807, 2.05) is 11.0 Å². The molecule has 3 heterocycles. The molecule has 1 atom stereocenters. The monoisotopic (exact) mass is 415 g/mol. The summed E-state index contributed by atoms with van der Waals surface area (Å²) in [5.41, 5.74) is 4.69. The molecule has 1 amide bonds. The van der Waals surface area contributed by atoms with Crippen LogP contribution in [0.4, 0.5) is 5.69 Å². The predicted molar refractivity (Wildman–Crippen MR) is 126 cm³/mol. The Morgan fingerprint density at radius 1 is 1.00 bits per heavy atom. The molecule has 5 heteroatoms. The minimum absolute atomic E-state index is 0.119. The molecule has 2 aromatic heterocycles. The summed E-state index contributed by atoms with van der Waals surface area (Å²) < 4.78 is 0. The summed E-state index contributed by atoms with van der Waals surface area (Å²) in [6.07, 6.45) is 0. The van der Waals surface area contributed by atoms with Gasteiger partial charge in [-0.25, -0.2) is 4.98 Å². The van der Waals surface area contributed by atoms with E-state index >= 15 is 0 Å². The minimum atomic E-state index is 0.119. The number of hydrogen-bond donors (Lipinski definition) is 0. The van der Waals surface area contributed by atoms with Crippen molar-refractivity contribution >= 4 is 44.1 Å². The van der Waals surface area contributed by atoms with Gasteiger partial charge in [0.1, 0.15) is 4.83 Å². The standard InChI is InChI=1S/C25H25N3OS/c1-16-5-4-6-21(11-16)28-10-9-27(15-18(28)3)25(29)23-14-20-13-19-8-7-17(2)12-22(19)26-24(20)30-23/h4-8,11-14,18H,9-10,15H2,1-3H3/t18-/m0/s1. The fourth-order valence-corrected chi connectivity index (χ4v) is 5.32. The number of carbonyl (C=O) groups excluding carboxylic acids is 1. The van der Waals surface area contributed by atoms with Gasteiger partial charge in [0, 0.05) is 42.1 Å². The zero-order chi connectivity index (χ0) is 20.8. The second kappa shape index (κ2) is 7.40. The van der Waals surface area contributed by atoms with Crippen LogP contribution in [0.25, 0.3) is 21.1 Å². The van der Waals surface area contributed by atoms with Crippen molar-refractivity contribution in [1.82, 2.24) is 9.88 Å². The molecule has 0 aliphatic carbocycles. The first kappa shape index (κ1) is 19.1. The van der Waals surface area contributed by atoms with E-state index in [1.54, 1.807) is 0 Å². The van der Waals surface area contributed by atoms with Crippen LogP contribution in [0, 0.1) is 13.8 Å². The molecule has 0 bridgehead atoms. The summed E-state index contributed by atoms with van der Waals surface area (Å²) >= 11 is 1.50. The van der Waals surface area contributed by atoms with Crippen LogP contribution >= 0.6 is 11.3 Å². The third-order valence-corrected chi connectivity index (χ3v) is 6.95. The second-order valence-electron chi connectivity index (χ2n) is 8.32. The van der Waals surface area contributed by atoms with Crippen molar-refractivity contribution in [2.45, 2.75) is 26.8 Å². The molecular weight excluding hydrogens is 390 g/mol. The third kappa shape index (κ3) is 3.43. The van der Waals surface area contributed by atoms with E-state index < -0.39 is 0 Å². The van der Waals surface area contributed by atoms with E-state index in [1.165, 1.54) is 28.2 Å². The quantitative estimate of drug-likeness (QED) is 0.439. The number of nitrogens with zero attached hydrogens (tertiary/aromatic N) is 3. The normalized spacial score (nSPS) is 17.1. The molecule has 5 rings (SSSR count). The molecule has 152 valence electrons. The molecule has 30 heavy (non-hydrogen) atoms. The summed E-state index contributed by atoms with van der Waals surface area (Å²) in [4.78, 5) is 24.2. The number of rotatable bonds is 2. The lowest BCUT2D eigenvalue weighted by Gasteiger charge is -2.41. The van der Waals surface area contributed by atoms with Crippen molar-refractivity contribution in [2.75, 3.05) is 24.5 Å². The summed E-state index contributed by atoms with van der Waals surface area (Å²) in [5, 5.41) is 2.16. The zero-order valence-electron chi connectivity index (χ0n) is 17.6. The Balaban J connectivity index is 1.38. The summed E-state index contributed by atoms with van der Waals surface area (Å²) in [6.45, 7) is 8.71. The maximum absolute atomic E-state index is 13.2. The first-order valence-corrected chi connectivity index (χ1v) is 11.2. The smallest absolute Gasteiger partial charge is 0.264 e. The second-order valence-corrected chi connectivity index (χ2v) is 9.35. The Morgan fingerprint density at radius 3 is 2.63 bits per heavy atom. The van der Waals surface area contributed by atoms with Gasteiger partial charge in [0.05, 0.1) is 10.4 Å². The van der Waals surface area contributed by atoms with Crippen LogP contribution < -0.4 is 4.90 Å². The van der Waals surface area contributed by atoms with Crippen LogP contribution in [0.1, 0.15) is 27.7 Å². The lowest BCUT2D eigenvalue weighted by Crippen LogP contribution is -2.53. The highest BCUT2D eigenvalue weighted by Crippen LogP contribution is 2.30. The Labute approximate surface area is 180 Å². The highest BCUT2D eigenvalue weighted by Gasteiger charge is 2.28. The fraction of sp³-hybridized carbons (Fsp3) is 0.280. The van der Waals surface area contributed by atoms with Crippen molar-refractivity contribution in [1.29, 1.82) is 0 Å². The van der Waals surface area contributed by atoms with Gasteiger partial charge in [0.25, 0.3) is 5.91 Å². The Kier molecular flexibility index (Phi) is 4.70. The topological polar surface area (TPSA) is 36.4 Å². The molecule has 1 aliphatic rings. The lowest BCUT2D eigenvalue weighted by atomic mass is 10.1. The number of anilines is 1. The number of amides is 1. The molecule has 0 spiro atoms. The van der Waals surface area contributed by atoms with E-state index in [4.69, 9.17) is 4.98 Å². The molecule has 0 N–H and O–H groups in total. The molecule has 0 saturated carbocycles. The SMILES string of the molecule is Cc1cccc(N2CCN(C(=O)c3cc4cc5ccc(C)cc5nc4s3)C[C@@H]2C)c1. The van der Waals surface area contributed by atoms with Crippen LogP contribution in [-0.2, 0) is 0 Å². The molecule has 1 saturated heterocycles. The third-order valence-electron chi connectivity index (χ3n) is 5.92. The number of hydrogen-bond acceptors (Lipinski definition) is 4. The molecular formula is C25H25N3OS. The average molecular weight is 416 g/mol. The summed E-state index contributed by atoms with van der Waals surface area (Å²) in [7, 11) is 0. The molecule has 1 aliphatic heterocycles. The molecule has 0 unspecified atom stereocenters. The van der Waals surface area contributed by atoms with E-state index in [2.05, 4.69) is 74.2 Å². The maximum Gasteiger partial charge on any atom is 0.264 e. The van der Waals surface area contributed by atoms with Crippen molar-refractivity contribution in [3.05, 3.63) is 70.6 Å². The summed E-state index contributed by atoms with van der Waals surface area (Å²) in [5.74, 6) is 0.119. The number of pyridine rings is 1. The Bertz CT molecular complexity index is 1260. The van der Waals surface area contributed by atoms with Gasteiger partial charge in [0.15, 0.2) is 0 Å². The molecule has 4 aromatic rings. The van der Waals surface area contributed by atoms with E-state index in [0.717, 1.165) is 45.6 Å². The number of piperazine rings is 1. The van der Waals surface area contributed by atoms with E-state index in [0.29, 0.717) is 0 Å². The first-order chi connectivity index (χ1) is 14.5. The van der Waals surface area contributed by atoms with Gasteiger partial charge in [-0.1, -0.05) is 24.3 Å². The highest BCUT2D eigenvalue weighted by atomic mass is 32.1. The predicted octanol–water partition coefficient (Wildman–Crippen LogP) is 5.42. The largest absolute Gasteiger partial charge is 0.365 e. The molecule has 0 radical (unpaired) electrons. The van der Waals surface area contributed by atoms with Gasteiger partial charge < -0.3 is 9.80 Å². The molecule has 2 aromatic carbocycles. The van der Waals surface area contributed by atoms with Crippen LogP contribution in [-0.4, -0.2) is 41.5 Å². The van der Waals surface area contributed by atoms with Gasteiger partial charge >= 0.3 is 0 Å². The van der Waals surface area contributed by atoms with Crippen molar-refractivity contribution in [3.8, 4) is 0 Å². The minimum Gasteiger partial charge on any atom is -0.365 e. The van der Waals surface area contributed by atoms with Crippen LogP contribution in [0.5, 0.6) is 0 Å². The van der Waals surface area contributed by atoms with Gasteiger partial charge in [-0.3, -0.25) is 4.79 Å². The number of carbonyl (C=O) groups is 1. The van der Waals surface area contributed by atoms with Crippen LogP contribution in [0.3, 0.4) is 0 Å². The first-order valence-electron chi connectivity index (χ1n) is 10.4. The van der Waals surface area contributed by atoms with Gasteiger partial charge in [-0.15, -0.1) is 11.3 Å². The van der Waals surface area contributed by atoms with Gasteiger partial charge in [-0.2, -0.15) is 0 Å². The Hall–Kier alpha value is -2.92. The molecule has 1 fully saturated rings. The molecule has 4 nitrogen and oxygen atoms in total. The lowest BCUT2D eigenvalue weighted by molar-refractivity contribution is 0.0731. The number of thiophene rings is 1. The zero-order valence-corrected chi connectivity index (χ0v) is 18.4. The maximum atomic E-state index is 13.2. The van der Waals surface area contributed by atoms with Crippen molar-refractivity contribution in [3.63, 3.8) is 0 Å². The van der Waals surface area contributed by atoms with Gasteiger partial charge in [-0.05, 0) is 62.2 Å². The number of aromatic nitrogens is 1. The van der Waals surface area contributed by atoms with Crippen molar-refractivity contribution in [2.24, 2.45) is 0 Å². The van der Waals surface area contributed by atoms with E-state index in [9.17, 15) is 4.79 Å². The van der Waals surface area contributed by atoms with E-state index in [-0.39, 0.29) is 11.9 Å². The highest BCUT2D eigenvalue weighted by molar-refractivity contribution is 7.20.